The van der Waals surface area contributed by atoms with Crippen LogP contribution in [0.5, 0.6) is 0 Å². The minimum Gasteiger partial charge on any atom is -0.398 e. The Labute approximate surface area is 89.0 Å². The maximum absolute atomic E-state index is 5.78. The maximum atomic E-state index is 5.78. The fourth-order valence-corrected chi connectivity index (χ4v) is 1.46. The SMILES string of the molecule is Cc1c(N)ccnc1N=C1C=NCCC1. The zero-order chi connectivity index (χ0) is 10.7. The third-order valence-corrected chi connectivity index (χ3v) is 2.43. The van der Waals surface area contributed by atoms with Gasteiger partial charge in [0.15, 0.2) is 5.82 Å². The molecule has 4 heteroatoms. The van der Waals surface area contributed by atoms with Crippen LogP contribution in [0.25, 0.3) is 0 Å². The third-order valence-electron chi connectivity index (χ3n) is 2.43. The number of anilines is 1. The molecule has 0 bridgehead atoms. The first kappa shape index (κ1) is 9.83. The van der Waals surface area contributed by atoms with Crippen LogP contribution in [0.1, 0.15) is 18.4 Å². The number of nitrogens with two attached hydrogens (primary N) is 1. The molecule has 0 saturated heterocycles. The molecule has 4 nitrogen and oxygen atoms in total. The van der Waals surface area contributed by atoms with Crippen LogP contribution in [0, 0.1) is 6.92 Å². The van der Waals surface area contributed by atoms with Crippen LogP contribution in [-0.2, 0) is 0 Å². The predicted molar refractivity (Wildman–Crippen MR) is 63.1 cm³/mol. The number of hydrogen-bond donors (Lipinski definition) is 1. The Bertz CT molecular complexity index is 421. The lowest BCUT2D eigenvalue weighted by atomic mass is 10.2. The number of nitrogen functional groups attached to an aromatic ring is 1. The average Bonchev–Trinajstić information content (AvgIpc) is 2.26. The smallest absolute Gasteiger partial charge is 0.157 e. The van der Waals surface area contributed by atoms with Crippen LogP contribution >= 0.6 is 0 Å². The number of rotatable bonds is 1. The van der Waals surface area contributed by atoms with Crippen molar-refractivity contribution < 1.29 is 0 Å². The summed E-state index contributed by atoms with van der Waals surface area (Å²) >= 11 is 0. The van der Waals surface area contributed by atoms with Gasteiger partial charge in [0.25, 0.3) is 0 Å². The highest BCUT2D eigenvalue weighted by Gasteiger charge is 2.05. The minimum atomic E-state index is 0.707. The van der Waals surface area contributed by atoms with Gasteiger partial charge in [-0.2, -0.15) is 0 Å². The second kappa shape index (κ2) is 4.21. The van der Waals surface area contributed by atoms with Gasteiger partial charge in [0.05, 0.1) is 5.71 Å². The number of aromatic nitrogens is 1. The molecule has 0 atom stereocenters. The highest BCUT2D eigenvalue weighted by atomic mass is 14.9. The summed E-state index contributed by atoms with van der Waals surface area (Å²) in [4.78, 5) is 12.9. The third kappa shape index (κ3) is 2.21. The molecule has 1 aromatic rings. The molecule has 0 saturated carbocycles. The molecule has 0 radical (unpaired) electrons. The number of nitrogens with zero attached hydrogens (tertiary/aromatic N) is 3. The summed E-state index contributed by atoms with van der Waals surface area (Å²) in [6, 6.07) is 1.79. The Morgan fingerprint density at radius 1 is 1.47 bits per heavy atom. The van der Waals surface area contributed by atoms with Gasteiger partial charge in [-0.15, -0.1) is 0 Å². The normalized spacial score (nSPS) is 18.3. The summed E-state index contributed by atoms with van der Waals surface area (Å²) in [6.07, 6.45) is 5.55. The first-order valence-electron chi connectivity index (χ1n) is 5.06. The van der Waals surface area contributed by atoms with E-state index in [-0.39, 0.29) is 0 Å². The zero-order valence-electron chi connectivity index (χ0n) is 8.77. The molecule has 0 aromatic carbocycles. The standard InChI is InChI=1S/C11H14N4/c1-8-10(12)4-6-14-11(8)15-9-3-2-5-13-7-9/h4,6-7H,2-3,5H2,1H3,(H2,12,14). The maximum Gasteiger partial charge on any atom is 0.157 e. The second-order valence-electron chi connectivity index (χ2n) is 3.59. The Morgan fingerprint density at radius 3 is 3.07 bits per heavy atom. The first-order chi connectivity index (χ1) is 7.27. The van der Waals surface area contributed by atoms with Crippen LogP contribution in [0.4, 0.5) is 11.5 Å². The summed E-state index contributed by atoms with van der Waals surface area (Å²) in [6.45, 7) is 2.84. The Morgan fingerprint density at radius 2 is 2.33 bits per heavy atom. The van der Waals surface area contributed by atoms with Crippen LogP contribution in [0.3, 0.4) is 0 Å². The van der Waals surface area contributed by atoms with Crippen molar-refractivity contribution in [3.05, 3.63) is 17.8 Å². The van der Waals surface area contributed by atoms with E-state index in [0.29, 0.717) is 5.82 Å². The monoisotopic (exact) mass is 202 g/mol. The first-order valence-corrected chi connectivity index (χ1v) is 5.06. The van der Waals surface area contributed by atoms with Gasteiger partial charge in [0.1, 0.15) is 0 Å². The van der Waals surface area contributed by atoms with E-state index in [0.717, 1.165) is 36.3 Å². The van der Waals surface area contributed by atoms with Crippen molar-refractivity contribution >= 4 is 23.4 Å². The molecular formula is C11H14N4. The summed E-state index contributed by atoms with van der Waals surface area (Å²) < 4.78 is 0. The molecule has 0 unspecified atom stereocenters. The lowest BCUT2D eigenvalue weighted by molar-refractivity contribution is 0.870. The Kier molecular flexibility index (Phi) is 2.76. The lowest BCUT2D eigenvalue weighted by Gasteiger charge is -2.07. The average molecular weight is 202 g/mol. The van der Waals surface area contributed by atoms with E-state index in [1.54, 1.807) is 12.3 Å². The Balaban J connectivity index is 2.34. The van der Waals surface area contributed by atoms with E-state index in [1.807, 2.05) is 13.1 Å². The van der Waals surface area contributed by atoms with Gasteiger partial charge >= 0.3 is 0 Å². The summed E-state index contributed by atoms with van der Waals surface area (Å²) in [5.41, 5.74) is 8.44. The fourth-order valence-electron chi connectivity index (χ4n) is 1.46. The van der Waals surface area contributed by atoms with Gasteiger partial charge in [-0.3, -0.25) is 4.99 Å². The van der Waals surface area contributed by atoms with Crippen LogP contribution in [0.2, 0.25) is 0 Å². The van der Waals surface area contributed by atoms with E-state index in [9.17, 15) is 0 Å². The van der Waals surface area contributed by atoms with Gasteiger partial charge in [0, 0.05) is 30.2 Å². The predicted octanol–water partition coefficient (Wildman–Crippen LogP) is 1.91. The second-order valence-corrected chi connectivity index (χ2v) is 3.59. The van der Waals surface area contributed by atoms with E-state index < -0.39 is 0 Å². The molecule has 1 aromatic heterocycles. The van der Waals surface area contributed by atoms with Crippen molar-refractivity contribution in [1.29, 1.82) is 0 Å². The largest absolute Gasteiger partial charge is 0.398 e. The van der Waals surface area contributed by atoms with Gasteiger partial charge in [0.2, 0.25) is 0 Å². The number of pyridine rings is 1. The van der Waals surface area contributed by atoms with Crippen molar-refractivity contribution in [3.8, 4) is 0 Å². The molecule has 2 heterocycles. The molecule has 2 N–H and O–H groups in total. The van der Waals surface area contributed by atoms with Crippen LogP contribution in [-0.4, -0.2) is 23.5 Å². The molecule has 0 spiro atoms. The molecule has 0 amide bonds. The minimum absolute atomic E-state index is 0.707. The summed E-state index contributed by atoms with van der Waals surface area (Å²) in [5.74, 6) is 0.707. The lowest BCUT2D eigenvalue weighted by Crippen LogP contribution is -2.07. The highest BCUT2D eigenvalue weighted by Crippen LogP contribution is 2.21. The van der Waals surface area contributed by atoms with Gasteiger partial charge in [-0.05, 0) is 25.8 Å². The van der Waals surface area contributed by atoms with E-state index >= 15 is 0 Å². The molecule has 0 fully saturated rings. The van der Waals surface area contributed by atoms with E-state index in [2.05, 4.69) is 15.0 Å². The molecule has 1 aliphatic rings. The fraction of sp³-hybridized carbons (Fsp3) is 0.364. The van der Waals surface area contributed by atoms with Gasteiger partial charge in [-0.25, -0.2) is 9.98 Å². The molecule has 2 rings (SSSR count). The molecule has 15 heavy (non-hydrogen) atoms. The summed E-state index contributed by atoms with van der Waals surface area (Å²) in [7, 11) is 0. The molecular weight excluding hydrogens is 188 g/mol. The van der Waals surface area contributed by atoms with Crippen molar-refractivity contribution in [2.24, 2.45) is 9.98 Å². The van der Waals surface area contributed by atoms with Crippen molar-refractivity contribution in [2.45, 2.75) is 19.8 Å². The highest BCUT2D eigenvalue weighted by molar-refractivity contribution is 6.31. The van der Waals surface area contributed by atoms with Gasteiger partial charge in [-0.1, -0.05) is 0 Å². The van der Waals surface area contributed by atoms with Gasteiger partial charge < -0.3 is 5.73 Å². The molecule has 78 valence electrons. The number of aliphatic imine (C=N–C) groups is 2. The Hall–Kier alpha value is -1.71. The van der Waals surface area contributed by atoms with E-state index in [4.69, 9.17) is 5.73 Å². The molecule has 1 aliphatic heterocycles. The molecule has 0 aliphatic carbocycles. The number of hydrogen-bond acceptors (Lipinski definition) is 4. The summed E-state index contributed by atoms with van der Waals surface area (Å²) in [5, 5.41) is 0. The zero-order valence-corrected chi connectivity index (χ0v) is 8.77. The van der Waals surface area contributed by atoms with E-state index in [1.165, 1.54) is 0 Å². The topological polar surface area (TPSA) is 63.6 Å². The van der Waals surface area contributed by atoms with Crippen molar-refractivity contribution in [3.63, 3.8) is 0 Å². The quantitative estimate of drug-likeness (QED) is 0.756. The van der Waals surface area contributed by atoms with Crippen LogP contribution < -0.4 is 5.73 Å². The van der Waals surface area contributed by atoms with Crippen molar-refractivity contribution in [2.75, 3.05) is 12.3 Å². The van der Waals surface area contributed by atoms with Crippen LogP contribution in [0.15, 0.2) is 22.2 Å². The van der Waals surface area contributed by atoms with Crippen molar-refractivity contribution in [1.82, 2.24) is 4.98 Å².